The number of hydrogen-bond donors (Lipinski definition) is 3. The molecule has 0 saturated heterocycles. The van der Waals surface area contributed by atoms with Gasteiger partial charge in [0.25, 0.3) is 15.6 Å². The average Bonchev–Trinajstić information content (AvgIpc) is 2.48. The van der Waals surface area contributed by atoms with E-state index in [0.717, 1.165) is 12.3 Å². The van der Waals surface area contributed by atoms with Crippen LogP contribution in [0, 0.1) is 11.8 Å². The van der Waals surface area contributed by atoms with E-state index in [-0.39, 0.29) is 17.3 Å². The molecule has 2 heterocycles. The molecule has 3 N–H and O–H groups in total. The second-order valence-corrected chi connectivity index (χ2v) is 5.46. The van der Waals surface area contributed by atoms with Gasteiger partial charge >= 0.3 is 0 Å². The van der Waals surface area contributed by atoms with Crippen LogP contribution in [0.1, 0.15) is 5.56 Å². The summed E-state index contributed by atoms with van der Waals surface area (Å²) in [4.78, 5) is 14.5. The van der Waals surface area contributed by atoms with Gasteiger partial charge in [0, 0.05) is 24.0 Å². The first-order chi connectivity index (χ1) is 10.0. The maximum Gasteiger partial charge on any atom is 0.264 e. The number of nitrogens with zero attached hydrogens (tertiary/aromatic N) is 2. The highest BCUT2D eigenvalue weighted by Gasteiger charge is 2.15. The third kappa shape index (κ3) is 3.88. The van der Waals surface area contributed by atoms with Crippen molar-refractivity contribution in [3.8, 4) is 11.8 Å². The number of aromatic nitrogens is 3. The molecule has 0 aliphatic carbocycles. The van der Waals surface area contributed by atoms with Crippen molar-refractivity contribution in [3.05, 3.63) is 46.5 Å². The molecule has 9 heteroatoms. The normalized spacial score (nSPS) is 10.5. The highest BCUT2D eigenvalue weighted by Crippen LogP contribution is 2.13. The summed E-state index contributed by atoms with van der Waals surface area (Å²) in [5.41, 5.74) is -0.0951. The first kappa shape index (κ1) is 14.7. The highest BCUT2D eigenvalue weighted by atomic mass is 32.2. The van der Waals surface area contributed by atoms with Crippen molar-refractivity contribution in [1.29, 1.82) is 0 Å². The molecule has 0 aliphatic heterocycles. The molecule has 0 aromatic carbocycles. The maximum absolute atomic E-state index is 12.1. The van der Waals surface area contributed by atoms with Gasteiger partial charge in [0.2, 0.25) is 0 Å². The molecule has 0 atom stereocenters. The standard InChI is InChI=1S/C12H10N4O4S/c17-5-1-2-9-6-10(8-13-7-9)21(19,20)16-11-3-4-12(18)15-14-11/h3-4,6-8,17H,5H2,(H,14,16)(H,15,18). The molecule has 0 aliphatic rings. The van der Waals surface area contributed by atoms with E-state index in [2.05, 4.69) is 31.7 Å². The lowest BCUT2D eigenvalue weighted by Crippen LogP contribution is -2.16. The van der Waals surface area contributed by atoms with Crippen molar-refractivity contribution < 1.29 is 13.5 Å². The van der Waals surface area contributed by atoms with E-state index in [4.69, 9.17) is 5.11 Å². The summed E-state index contributed by atoms with van der Waals surface area (Å²) < 4.78 is 26.5. The molecule has 0 unspecified atom stereocenters. The lowest BCUT2D eigenvalue weighted by molar-refractivity contribution is 0.350. The summed E-state index contributed by atoms with van der Waals surface area (Å²) in [5, 5.41) is 14.3. The zero-order valence-corrected chi connectivity index (χ0v) is 11.4. The second-order valence-electron chi connectivity index (χ2n) is 3.78. The minimum absolute atomic E-state index is 0.0264. The van der Waals surface area contributed by atoms with Gasteiger partial charge in [0.15, 0.2) is 5.82 Å². The third-order valence-electron chi connectivity index (χ3n) is 2.25. The van der Waals surface area contributed by atoms with Gasteiger partial charge in [-0.2, -0.15) is 5.10 Å². The molecule has 21 heavy (non-hydrogen) atoms. The molecule has 0 radical (unpaired) electrons. The van der Waals surface area contributed by atoms with E-state index >= 15 is 0 Å². The van der Waals surface area contributed by atoms with E-state index in [1.165, 1.54) is 18.3 Å². The van der Waals surface area contributed by atoms with Crippen LogP contribution in [-0.2, 0) is 10.0 Å². The molecule has 0 fully saturated rings. The largest absolute Gasteiger partial charge is 0.384 e. The van der Waals surface area contributed by atoms with Crippen LogP contribution in [0.2, 0.25) is 0 Å². The number of aromatic amines is 1. The maximum atomic E-state index is 12.1. The molecular formula is C12H10N4O4S. The van der Waals surface area contributed by atoms with Gasteiger partial charge in [-0.05, 0) is 12.1 Å². The highest BCUT2D eigenvalue weighted by molar-refractivity contribution is 7.92. The summed E-state index contributed by atoms with van der Waals surface area (Å²) in [7, 11) is -3.90. The van der Waals surface area contributed by atoms with Crippen LogP contribution in [0.15, 0.2) is 40.3 Å². The van der Waals surface area contributed by atoms with Crippen molar-refractivity contribution >= 4 is 15.8 Å². The SMILES string of the molecule is O=c1ccc(NS(=O)(=O)c2cncc(C#CCO)c2)n[nH]1. The summed E-state index contributed by atoms with van der Waals surface area (Å²) in [5.74, 6) is 4.93. The summed E-state index contributed by atoms with van der Waals surface area (Å²) in [6.45, 7) is -0.337. The van der Waals surface area contributed by atoms with Gasteiger partial charge in [-0.25, -0.2) is 13.5 Å². The van der Waals surface area contributed by atoms with Crippen LogP contribution in [0.3, 0.4) is 0 Å². The Labute approximate surface area is 119 Å². The lowest BCUT2D eigenvalue weighted by Gasteiger charge is -2.06. The van der Waals surface area contributed by atoms with Gasteiger partial charge in [-0.15, -0.1) is 0 Å². The van der Waals surface area contributed by atoms with Crippen molar-refractivity contribution in [3.63, 3.8) is 0 Å². The third-order valence-corrected chi connectivity index (χ3v) is 3.58. The van der Waals surface area contributed by atoms with Crippen molar-refractivity contribution in [2.45, 2.75) is 4.90 Å². The quantitative estimate of drug-likeness (QED) is 0.645. The Morgan fingerprint density at radius 1 is 1.33 bits per heavy atom. The monoisotopic (exact) mass is 306 g/mol. The van der Waals surface area contributed by atoms with Crippen molar-refractivity contribution in [1.82, 2.24) is 15.2 Å². The summed E-state index contributed by atoms with van der Waals surface area (Å²) in [6, 6.07) is 3.69. The fraction of sp³-hybridized carbons (Fsp3) is 0.0833. The van der Waals surface area contributed by atoms with Crippen LogP contribution in [0.25, 0.3) is 0 Å². The number of nitrogens with one attached hydrogen (secondary N) is 2. The minimum atomic E-state index is -3.90. The Morgan fingerprint density at radius 3 is 2.81 bits per heavy atom. The zero-order valence-electron chi connectivity index (χ0n) is 10.6. The van der Waals surface area contributed by atoms with Crippen LogP contribution >= 0.6 is 0 Å². The van der Waals surface area contributed by atoms with Crippen molar-refractivity contribution in [2.75, 3.05) is 11.3 Å². The van der Waals surface area contributed by atoms with Gasteiger partial charge < -0.3 is 5.11 Å². The van der Waals surface area contributed by atoms with Crippen LogP contribution in [0.4, 0.5) is 5.82 Å². The Morgan fingerprint density at radius 2 is 2.14 bits per heavy atom. The molecule has 0 amide bonds. The predicted octanol–water partition coefficient (Wildman–Crippen LogP) is -0.691. The van der Waals surface area contributed by atoms with Gasteiger partial charge in [-0.3, -0.25) is 14.5 Å². The van der Waals surface area contributed by atoms with Gasteiger partial charge in [-0.1, -0.05) is 11.8 Å². The molecule has 2 aromatic rings. The van der Waals surface area contributed by atoms with Gasteiger partial charge in [0.05, 0.1) is 0 Å². The molecule has 2 rings (SSSR count). The molecule has 0 bridgehead atoms. The molecule has 0 spiro atoms. The molecular weight excluding hydrogens is 296 g/mol. The van der Waals surface area contributed by atoms with Crippen LogP contribution < -0.4 is 10.3 Å². The molecule has 108 valence electrons. The molecule has 0 saturated carbocycles. The Kier molecular flexibility index (Phi) is 4.32. The lowest BCUT2D eigenvalue weighted by atomic mass is 10.3. The minimum Gasteiger partial charge on any atom is -0.384 e. The number of aliphatic hydroxyl groups excluding tert-OH is 1. The van der Waals surface area contributed by atoms with E-state index in [0.29, 0.717) is 5.56 Å². The zero-order chi connectivity index (χ0) is 15.3. The number of anilines is 1. The smallest absolute Gasteiger partial charge is 0.264 e. The molecule has 2 aromatic heterocycles. The van der Waals surface area contributed by atoms with E-state index in [1.54, 1.807) is 0 Å². The number of H-pyrrole nitrogens is 1. The first-order valence-corrected chi connectivity index (χ1v) is 7.13. The first-order valence-electron chi connectivity index (χ1n) is 5.64. The van der Waals surface area contributed by atoms with Gasteiger partial charge in [0.1, 0.15) is 11.5 Å². The average molecular weight is 306 g/mol. The number of aliphatic hydroxyl groups is 1. The topological polar surface area (TPSA) is 125 Å². The number of sulfonamides is 1. The Balaban J connectivity index is 2.31. The predicted molar refractivity (Wildman–Crippen MR) is 73.9 cm³/mol. The van der Waals surface area contributed by atoms with Crippen LogP contribution in [0.5, 0.6) is 0 Å². The summed E-state index contributed by atoms with van der Waals surface area (Å²) >= 11 is 0. The van der Waals surface area contributed by atoms with E-state index < -0.39 is 15.6 Å². The molecule has 8 nitrogen and oxygen atoms in total. The second kappa shape index (κ2) is 6.17. The Hall–Kier alpha value is -2.70. The summed E-state index contributed by atoms with van der Waals surface area (Å²) in [6.07, 6.45) is 2.53. The fourth-order valence-corrected chi connectivity index (χ4v) is 2.36. The van der Waals surface area contributed by atoms with Crippen LogP contribution in [-0.4, -0.2) is 35.3 Å². The van der Waals surface area contributed by atoms with E-state index in [1.807, 2.05) is 0 Å². The van der Waals surface area contributed by atoms with E-state index in [9.17, 15) is 13.2 Å². The fourth-order valence-electron chi connectivity index (χ4n) is 1.37. The number of hydrogen-bond acceptors (Lipinski definition) is 6. The number of pyridine rings is 1. The van der Waals surface area contributed by atoms with Crippen molar-refractivity contribution in [2.24, 2.45) is 0 Å². The Bertz CT molecular complexity index is 844. The number of rotatable bonds is 3.